The molecule has 3 nitrogen and oxygen atoms in total. The summed E-state index contributed by atoms with van der Waals surface area (Å²) in [5.74, 6) is 0.817. The fraction of sp³-hybridized carbons (Fsp3) is 0.938. The molecule has 0 amide bonds. The molecule has 0 saturated carbocycles. The maximum Gasteiger partial charge on any atom is 0.0856 e. The summed E-state index contributed by atoms with van der Waals surface area (Å²) in [5, 5.41) is 3.50. The minimum absolute atomic E-state index is 0.590. The van der Waals surface area contributed by atoms with E-state index in [0.717, 1.165) is 12.5 Å². The normalized spacial score (nSPS) is 28.1. The van der Waals surface area contributed by atoms with Crippen molar-refractivity contribution < 1.29 is 0 Å². The van der Waals surface area contributed by atoms with Crippen LogP contribution in [0, 0.1) is 5.92 Å². The highest BCUT2D eigenvalue weighted by molar-refractivity contribution is 5.57. The molecule has 1 N–H and O–H groups in total. The molecule has 110 valence electrons. The van der Waals surface area contributed by atoms with Crippen LogP contribution in [0.4, 0.5) is 0 Å². The quantitative estimate of drug-likeness (QED) is 0.799. The molecule has 0 bridgehead atoms. The first-order valence-electron chi connectivity index (χ1n) is 8.34. The van der Waals surface area contributed by atoms with Crippen LogP contribution in [0.5, 0.6) is 0 Å². The zero-order chi connectivity index (χ0) is 13.5. The standard InChI is InChI=1S/C16H31N3/c1-3-6-14(7-4-2)16-9-11-19(13-18-16)15-8-5-10-17-12-15/h13-17H,3-12H2,1-2H3. The predicted molar refractivity (Wildman–Crippen MR) is 82.8 cm³/mol. The van der Waals surface area contributed by atoms with E-state index in [4.69, 9.17) is 4.99 Å². The molecule has 2 aliphatic rings. The van der Waals surface area contributed by atoms with Crippen LogP contribution in [0.3, 0.4) is 0 Å². The predicted octanol–water partition coefficient (Wildman–Crippen LogP) is 3.06. The lowest BCUT2D eigenvalue weighted by atomic mass is 9.88. The van der Waals surface area contributed by atoms with Crippen molar-refractivity contribution in [2.24, 2.45) is 10.9 Å². The fourth-order valence-electron chi connectivity index (χ4n) is 3.61. The molecule has 0 radical (unpaired) electrons. The van der Waals surface area contributed by atoms with Gasteiger partial charge in [0.2, 0.25) is 0 Å². The molecule has 19 heavy (non-hydrogen) atoms. The van der Waals surface area contributed by atoms with Crippen molar-refractivity contribution in [3.63, 3.8) is 0 Å². The SMILES string of the molecule is CCCC(CCC)C1CCN(C2CCCNC2)C=N1. The third-order valence-corrected chi connectivity index (χ3v) is 4.69. The fourth-order valence-corrected chi connectivity index (χ4v) is 3.61. The van der Waals surface area contributed by atoms with Gasteiger partial charge < -0.3 is 10.2 Å². The number of piperidine rings is 1. The molecule has 0 aromatic rings. The Morgan fingerprint density at radius 1 is 1.26 bits per heavy atom. The summed E-state index contributed by atoms with van der Waals surface area (Å²) < 4.78 is 0. The van der Waals surface area contributed by atoms with Gasteiger partial charge in [-0.1, -0.05) is 26.7 Å². The van der Waals surface area contributed by atoms with Crippen LogP contribution >= 0.6 is 0 Å². The highest BCUT2D eigenvalue weighted by Crippen LogP contribution is 2.25. The zero-order valence-corrected chi connectivity index (χ0v) is 12.8. The van der Waals surface area contributed by atoms with Crippen molar-refractivity contribution in [1.82, 2.24) is 10.2 Å². The summed E-state index contributed by atoms with van der Waals surface area (Å²) in [4.78, 5) is 7.38. The van der Waals surface area contributed by atoms with E-state index in [1.807, 2.05) is 0 Å². The summed E-state index contributed by atoms with van der Waals surface area (Å²) in [5.41, 5.74) is 0. The van der Waals surface area contributed by atoms with Gasteiger partial charge >= 0.3 is 0 Å². The van der Waals surface area contributed by atoms with Crippen LogP contribution in [-0.4, -0.2) is 43.0 Å². The maximum absolute atomic E-state index is 4.90. The third-order valence-electron chi connectivity index (χ3n) is 4.69. The largest absolute Gasteiger partial charge is 0.359 e. The first-order valence-corrected chi connectivity index (χ1v) is 8.34. The molecule has 2 rings (SSSR count). The van der Waals surface area contributed by atoms with Crippen LogP contribution in [-0.2, 0) is 0 Å². The first kappa shape index (κ1) is 14.8. The average Bonchev–Trinajstić information content (AvgIpc) is 2.48. The van der Waals surface area contributed by atoms with E-state index < -0.39 is 0 Å². The summed E-state index contributed by atoms with van der Waals surface area (Å²) in [6.07, 6.45) is 11.4. The molecule has 2 unspecified atom stereocenters. The van der Waals surface area contributed by atoms with Crippen LogP contribution in [0.2, 0.25) is 0 Å². The van der Waals surface area contributed by atoms with Gasteiger partial charge in [-0.3, -0.25) is 4.99 Å². The van der Waals surface area contributed by atoms with Crippen molar-refractivity contribution in [3.8, 4) is 0 Å². The lowest BCUT2D eigenvalue weighted by Crippen LogP contribution is -2.48. The molecule has 0 aromatic heterocycles. The van der Waals surface area contributed by atoms with E-state index in [2.05, 4.69) is 30.4 Å². The average molecular weight is 265 g/mol. The van der Waals surface area contributed by atoms with E-state index >= 15 is 0 Å². The molecule has 1 saturated heterocycles. The van der Waals surface area contributed by atoms with Gasteiger partial charge in [-0.15, -0.1) is 0 Å². The molecule has 2 atom stereocenters. The molecular formula is C16H31N3. The van der Waals surface area contributed by atoms with Gasteiger partial charge in [0.15, 0.2) is 0 Å². The van der Waals surface area contributed by atoms with Crippen LogP contribution in [0.1, 0.15) is 58.8 Å². The van der Waals surface area contributed by atoms with Crippen molar-refractivity contribution >= 4 is 6.34 Å². The van der Waals surface area contributed by atoms with Gasteiger partial charge in [-0.25, -0.2) is 0 Å². The zero-order valence-electron chi connectivity index (χ0n) is 12.8. The smallest absolute Gasteiger partial charge is 0.0856 e. The number of nitrogens with zero attached hydrogens (tertiary/aromatic N) is 2. The molecule has 0 spiro atoms. The Morgan fingerprint density at radius 3 is 2.58 bits per heavy atom. The molecule has 0 aromatic carbocycles. The highest BCUT2D eigenvalue weighted by atomic mass is 15.2. The van der Waals surface area contributed by atoms with Crippen molar-refractivity contribution in [1.29, 1.82) is 0 Å². The Balaban J connectivity index is 1.86. The van der Waals surface area contributed by atoms with Crippen molar-refractivity contribution in [2.45, 2.75) is 70.9 Å². The number of nitrogens with one attached hydrogen (secondary N) is 1. The first-order chi connectivity index (χ1) is 9.35. The second kappa shape index (κ2) is 7.88. The monoisotopic (exact) mass is 265 g/mol. The number of aliphatic imine (C=N–C) groups is 1. The Morgan fingerprint density at radius 2 is 2.05 bits per heavy atom. The van der Waals surface area contributed by atoms with Crippen molar-refractivity contribution in [2.75, 3.05) is 19.6 Å². The Labute approximate surface area is 118 Å². The van der Waals surface area contributed by atoms with E-state index in [1.54, 1.807) is 0 Å². The molecule has 3 heteroatoms. The summed E-state index contributed by atoms with van der Waals surface area (Å²) in [6, 6.07) is 1.28. The Kier molecular flexibility index (Phi) is 6.15. The molecule has 2 heterocycles. The second-order valence-corrected chi connectivity index (χ2v) is 6.20. The Hall–Kier alpha value is -0.570. The van der Waals surface area contributed by atoms with Gasteiger partial charge in [0.1, 0.15) is 0 Å². The summed E-state index contributed by atoms with van der Waals surface area (Å²) in [7, 11) is 0. The van der Waals surface area contributed by atoms with Gasteiger partial charge in [-0.05, 0) is 44.6 Å². The van der Waals surface area contributed by atoms with Crippen LogP contribution in [0.25, 0.3) is 0 Å². The lowest BCUT2D eigenvalue weighted by molar-refractivity contribution is 0.225. The molecular weight excluding hydrogens is 234 g/mol. The minimum Gasteiger partial charge on any atom is -0.359 e. The molecule has 2 aliphatic heterocycles. The molecule has 0 aliphatic carbocycles. The van der Waals surface area contributed by atoms with Crippen LogP contribution < -0.4 is 5.32 Å². The number of hydrogen-bond acceptors (Lipinski definition) is 3. The van der Waals surface area contributed by atoms with Crippen LogP contribution in [0.15, 0.2) is 4.99 Å². The van der Waals surface area contributed by atoms with Crippen molar-refractivity contribution in [3.05, 3.63) is 0 Å². The maximum atomic E-state index is 4.90. The van der Waals surface area contributed by atoms with Gasteiger partial charge in [-0.2, -0.15) is 0 Å². The summed E-state index contributed by atoms with van der Waals surface area (Å²) >= 11 is 0. The second-order valence-electron chi connectivity index (χ2n) is 6.20. The van der Waals surface area contributed by atoms with E-state index in [0.29, 0.717) is 12.1 Å². The van der Waals surface area contributed by atoms with E-state index in [1.165, 1.54) is 58.0 Å². The lowest BCUT2D eigenvalue weighted by Gasteiger charge is -2.38. The van der Waals surface area contributed by atoms with E-state index in [-0.39, 0.29) is 0 Å². The third kappa shape index (κ3) is 4.20. The topological polar surface area (TPSA) is 27.6 Å². The van der Waals surface area contributed by atoms with E-state index in [9.17, 15) is 0 Å². The van der Waals surface area contributed by atoms with Gasteiger partial charge in [0.05, 0.1) is 12.4 Å². The Bertz CT molecular complexity index is 265. The summed E-state index contributed by atoms with van der Waals surface area (Å²) in [6.45, 7) is 8.15. The minimum atomic E-state index is 0.590. The number of rotatable bonds is 6. The van der Waals surface area contributed by atoms with Gasteiger partial charge in [0, 0.05) is 19.1 Å². The molecule has 1 fully saturated rings. The number of hydrogen-bond donors (Lipinski definition) is 1. The highest BCUT2D eigenvalue weighted by Gasteiger charge is 2.26. The van der Waals surface area contributed by atoms with Gasteiger partial charge in [0.25, 0.3) is 0 Å².